The van der Waals surface area contributed by atoms with Crippen LogP contribution >= 0.6 is 11.3 Å². The molecule has 1 aliphatic carbocycles. The van der Waals surface area contributed by atoms with Gasteiger partial charge in [0.1, 0.15) is 5.69 Å². The van der Waals surface area contributed by atoms with Crippen LogP contribution in [-0.4, -0.2) is 77.7 Å². The third kappa shape index (κ3) is 42.6. The molecule has 21 rings (SSSR count). The normalized spacial score (nSPS) is 10.5. The first kappa shape index (κ1) is 123. The number of carboxylic acids is 1. The summed E-state index contributed by atoms with van der Waals surface area (Å²) in [5.74, 6) is -2.40. The van der Waals surface area contributed by atoms with E-state index < -0.39 is 17.6 Å². The number of aliphatic hydroxyl groups excluding tert-OH is 2. The Labute approximate surface area is 937 Å². The number of halogens is 2. The maximum Gasteiger partial charge on any atom is 0.354 e. The summed E-state index contributed by atoms with van der Waals surface area (Å²) in [4.78, 5) is 69.7. The van der Waals surface area contributed by atoms with E-state index in [2.05, 4.69) is 224 Å². The third-order valence-corrected chi connectivity index (χ3v) is 20.8. The van der Waals surface area contributed by atoms with Crippen molar-refractivity contribution in [1.29, 1.82) is 0 Å². The minimum absolute atomic E-state index is 0. The fraction of sp³-hybridized carbons (Fsp3) is 0.0820. The molecule has 0 spiro atoms. The summed E-state index contributed by atoms with van der Waals surface area (Å²) >= 11 is 1.73. The number of carbonyl (C=O) groups excluding carboxylic acids is 2. The number of pyridine rings is 9. The molecule has 24 heteroatoms. The molecule has 0 aliphatic heterocycles. The van der Waals surface area contributed by atoms with E-state index in [4.69, 9.17) is 20.3 Å². The summed E-state index contributed by atoms with van der Waals surface area (Å²) < 4.78 is 27.1. The number of aliphatic hydroxyl groups is 2. The molecule has 0 saturated heterocycles. The number of thiophene rings is 1. The second-order valence-electron chi connectivity index (χ2n) is 30.8. The molecule has 0 bridgehead atoms. The molecule has 0 unspecified atom stereocenters. The van der Waals surface area contributed by atoms with Gasteiger partial charge in [0.2, 0.25) is 0 Å². The molecule has 3 N–H and O–H groups in total. The summed E-state index contributed by atoms with van der Waals surface area (Å²) in [5.41, 5.74) is 21.1. The van der Waals surface area contributed by atoms with Crippen LogP contribution in [0, 0.1) is 74.0 Å². The Morgan fingerprint density at radius 1 is 0.390 bits per heavy atom. The number of benzene rings is 10. The number of aryl methyl sites for hydroxylation is 2. The van der Waals surface area contributed by atoms with Gasteiger partial charge in [-0.1, -0.05) is 226 Å². The van der Waals surface area contributed by atoms with Crippen LogP contribution in [-0.2, 0) is 130 Å². The minimum atomic E-state index is -0.990. The van der Waals surface area contributed by atoms with E-state index in [-0.39, 0.29) is 155 Å². The van der Waals surface area contributed by atoms with Crippen molar-refractivity contribution in [3.05, 3.63) is 513 Å². The number of aromatic carboxylic acids is 1. The van der Waals surface area contributed by atoms with Crippen LogP contribution in [0.1, 0.15) is 86.9 Å². The molecule has 1 aliphatic rings. The minimum Gasteiger partial charge on any atom is -0.512 e. The fourth-order valence-electron chi connectivity index (χ4n) is 13.5. The van der Waals surface area contributed by atoms with Crippen LogP contribution in [0.4, 0.5) is 8.78 Å². The van der Waals surface area contributed by atoms with Gasteiger partial charge >= 0.3 is 5.97 Å². The number of allylic oxidation sites excluding steroid dienone is 7. The smallest absolute Gasteiger partial charge is 0.354 e. The fourth-order valence-corrected chi connectivity index (χ4v) is 14.4. The number of para-hydroxylation sites is 2. The number of ketones is 2. The maximum atomic E-state index is 13.2. The van der Waals surface area contributed by atoms with E-state index in [0.29, 0.717) is 5.69 Å². The van der Waals surface area contributed by atoms with Gasteiger partial charge in [-0.15, -0.1) is 204 Å². The molecule has 15 nitrogen and oxygen atoms in total. The van der Waals surface area contributed by atoms with Crippen LogP contribution in [0.25, 0.3) is 132 Å². The summed E-state index contributed by atoms with van der Waals surface area (Å²) in [7, 11) is 0. The number of rotatable bonds is 12. The van der Waals surface area contributed by atoms with E-state index in [9.17, 15) is 23.2 Å². The average Bonchev–Trinajstić information content (AvgIpc) is 1.33. The Bertz CT molecular complexity index is 7040. The van der Waals surface area contributed by atoms with Crippen molar-refractivity contribution in [3.8, 4) is 78.0 Å². The molecule has 6 radical (unpaired) electrons. The SMILES string of the molecule is CC(=O)C=C(C)O.CC(=O)C=C(C)O.C[C-]=Cc1ccc2ccccc2n1.Cc1[c-]c(-c2ccc3cc(-c4ccccc4)ccc3n2)cc(C)c1.Fc1c[c-]c(-c2ccccn2)c(F)c1.O=C(O)c1ccccn1.[C-]1=C(c2ccc3ccccc3n2)CCC1.[Ir].[Ir].[Ir].[Ir].[Ir].[Ir].[c-]1c(-c2ccccn2)sc2ccccc12.[c-]1ccccc1-c1ccccn1.[c-]1ccccc1-c1ccccn1.[c-]1ccccc1-c1ccccn1. The Morgan fingerprint density at radius 3 is 1.29 bits per heavy atom. The zero-order valence-electron chi connectivity index (χ0n) is 80.2. The van der Waals surface area contributed by atoms with Crippen LogP contribution in [0.3, 0.4) is 0 Å². The molecule has 20 aromatic rings. The monoisotopic (exact) mass is 3010 g/mol. The first-order valence-corrected chi connectivity index (χ1v) is 45.4. The van der Waals surface area contributed by atoms with Crippen LogP contribution in [0.2, 0.25) is 0 Å². The molecule has 0 amide bonds. The van der Waals surface area contributed by atoms with Gasteiger partial charge in [0.15, 0.2) is 11.6 Å². The molecule has 10 heterocycles. The van der Waals surface area contributed by atoms with Gasteiger partial charge < -0.3 is 50.2 Å². The van der Waals surface area contributed by atoms with Gasteiger partial charge in [-0.3, -0.25) is 35.5 Å². The van der Waals surface area contributed by atoms with E-state index in [1.165, 1.54) is 102 Å². The number of carbonyl (C=O) groups is 3. The first-order valence-electron chi connectivity index (χ1n) is 44.6. The van der Waals surface area contributed by atoms with Crippen molar-refractivity contribution < 1.29 is 159 Å². The van der Waals surface area contributed by atoms with Crippen molar-refractivity contribution in [2.75, 3.05) is 0 Å². The van der Waals surface area contributed by atoms with Gasteiger partial charge in [0.25, 0.3) is 0 Å². The zero-order valence-corrected chi connectivity index (χ0v) is 95.4. The molecular weight excluding hydrogens is 2910 g/mol. The summed E-state index contributed by atoms with van der Waals surface area (Å²) in [6.07, 6.45) is 24.2. The predicted molar refractivity (Wildman–Crippen MR) is 561 cm³/mol. The molecule has 0 fully saturated rings. The Morgan fingerprint density at radius 2 is 0.842 bits per heavy atom. The number of nitrogens with zero attached hydrogens (tertiary/aromatic N) is 9. The van der Waals surface area contributed by atoms with Gasteiger partial charge in [-0.25, -0.2) is 27.2 Å². The summed E-state index contributed by atoms with van der Waals surface area (Å²) in [6, 6.07) is 136. The van der Waals surface area contributed by atoms with Crippen LogP contribution < -0.4 is 0 Å². The quantitative estimate of drug-likeness (QED) is 0.0587. The number of hydrogen-bond donors (Lipinski definition) is 3. The molecule has 0 atom stereocenters. The number of hydrogen-bond acceptors (Lipinski definition) is 15. The third-order valence-electron chi connectivity index (χ3n) is 19.7. The molecule has 10 aromatic heterocycles. The molecule has 10 aromatic carbocycles. The van der Waals surface area contributed by atoms with Gasteiger partial charge in [0.05, 0.1) is 17.0 Å². The molecule has 146 heavy (non-hydrogen) atoms. The second-order valence-corrected chi connectivity index (χ2v) is 31.8. The maximum absolute atomic E-state index is 13.2. The Hall–Kier alpha value is -13.6. The second kappa shape index (κ2) is 67.9. The molecule has 750 valence electrons. The predicted octanol–water partition coefficient (Wildman–Crippen LogP) is 29.7. The summed E-state index contributed by atoms with van der Waals surface area (Å²) in [6.45, 7) is 11.8. The van der Waals surface area contributed by atoms with Crippen molar-refractivity contribution in [3.63, 3.8) is 0 Å². The standard InChI is InChI=1S/C23H18N.C14H12N.C13H8NS.C12H10N.C11H6F2N.3C11H8N.C6H5NO2.2C5H8O2.6Ir/c1-16-12-17(2)14-21(13-16)23-11-9-20-15-19(8-10-22(20)24-23)18-6-4-3-5-7-18;1-2-6-11(5-1)14-10-9-12-7-3-4-8-13(12)15-14;1-2-7-12-10(5-1)9-13(15-12)11-6-3-4-8-14-11;1-2-5-11-9-8-10-6-3-4-7-12(10)13-11;12-8-4-5-9(10(13)7-8)11-3-1-2-6-14-11;3*1-2-6-10(7-3-1)11-8-4-5-9-12-11;8-6(9)5-3-1-2-4-7-5;2*1-4(6)3-5(2)7;;;;;;/h3-13,15H,1-2H3;3-4,7-10H,1-2,5H2;1-8H;3-9H,1H3;1-4,6-7H;3*1-6,8-9H;1-4H,(H,8,9);2*3,6H,1-2H3;;;;;;/q8*-1;;;;;;;;;. The Kier molecular flexibility index (Phi) is 57.2. The van der Waals surface area contributed by atoms with Gasteiger partial charge in [-0.2, -0.15) is 5.57 Å². The van der Waals surface area contributed by atoms with Gasteiger partial charge in [0, 0.05) is 198 Å². The molecule has 0 saturated carbocycles. The zero-order chi connectivity index (χ0) is 98.8. The van der Waals surface area contributed by atoms with E-state index in [1.807, 2.05) is 213 Å². The number of fused-ring (bicyclic) bond motifs is 4. The van der Waals surface area contributed by atoms with E-state index >= 15 is 0 Å². The topological polar surface area (TPSA) is 228 Å². The van der Waals surface area contributed by atoms with Crippen molar-refractivity contribution in [1.82, 2.24) is 44.9 Å². The Balaban J connectivity index is 0.000000286. The largest absolute Gasteiger partial charge is 0.512 e. The number of aromatic nitrogens is 9. The van der Waals surface area contributed by atoms with Crippen molar-refractivity contribution >= 4 is 83.3 Å². The van der Waals surface area contributed by atoms with E-state index in [0.717, 1.165) is 119 Å². The number of carboxylic acid groups (broad SMARTS) is 1. The van der Waals surface area contributed by atoms with Gasteiger partial charge in [-0.05, 0) is 160 Å². The molecular formula is C122H99F2Ir6N9O6S-8. The van der Waals surface area contributed by atoms with Crippen molar-refractivity contribution in [2.45, 2.75) is 67.7 Å². The summed E-state index contributed by atoms with van der Waals surface area (Å²) in [5, 5.41) is 29.8. The van der Waals surface area contributed by atoms with Crippen LogP contribution in [0.15, 0.2) is 425 Å². The average molecular weight is 3010 g/mol. The van der Waals surface area contributed by atoms with E-state index in [1.54, 1.807) is 66.5 Å². The first-order chi connectivity index (χ1) is 68.2. The van der Waals surface area contributed by atoms with Crippen LogP contribution in [0.5, 0.6) is 0 Å². The van der Waals surface area contributed by atoms with Crippen molar-refractivity contribution in [2.24, 2.45) is 0 Å².